The Morgan fingerprint density at radius 3 is 2.53 bits per heavy atom. The lowest BCUT2D eigenvalue weighted by atomic mass is 10.1. The number of benzene rings is 1. The summed E-state index contributed by atoms with van der Waals surface area (Å²) in [5.41, 5.74) is 18.1. The lowest BCUT2D eigenvalue weighted by Gasteiger charge is -2.13. The summed E-state index contributed by atoms with van der Waals surface area (Å²) in [4.78, 5) is 3.88. The van der Waals surface area contributed by atoms with Gasteiger partial charge in [-0.15, -0.1) is 0 Å². The van der Waals surface area contributed by atoms with Crippen LogP contribution in [0.5, 0.6) is 0 Å². The van der Waals surface area contributed by atoms with Crippen molar-refractivity contribution in [3.63, 3.8) is 0 Å². The number of fused-ring (bicyclic) bond motifs is 1. The molecule has 8 N–H and O–H groups in total. The first kappa shape index (κ1) is 9.13. The molecule has 7 nitrogen and oxygen atoms in total. The topological polar surface area (TPSA) is 140 Å². The number of hydrogen-bond donors (Lipinski definition) is 5. The van der Waals surface area contributed by atoms with Crippen molar-refractivity contribution in [2.24, 2.45) is 0 Å². The van der Waals surface area contributed by atoms with Crippen LogP contribution in [0.2, 0.25) is 0 Å². The number of nitrogens with one attached hydrogen (secondary N) is 1. The Labute approximate surface area is 84.6 Å². The Morgan fingerprint density at radius 2 is 1.87 bits per heavy atom. The number of aromatic nitrogens is 2. The van der Waals surface area contributed by atoms with Crippen molar-refractivity contribution in [3.8, 4) is 11.3 Å². The molecule has 0 radical (unpaired) electrons. The highest BCUT2D eigenvalue weighted by Crippen LogP contribution is 2.30. The first-order valence-corrected chi connectivity index (χ1v) is 4.10. The van der Waals surface area contributed by atoms with E-state index in [1.54, 1.807) is 0 Å². The SMILES string of the molecule is N=c1c2cn(O)cnc-2c(N)c(N)c1N. The van der Waals surface area contributed by atoms with E-state index in [0.29, 0.717) is 11.3 Å². The number of hydrogen-bond acceptors (Lipinski definition) is 6. The van der Waals surface area contributed by atoms with E-state index in [1.807, 2.05) is 0 Å². The molecule has 0 spiro atoms. The van der Waals surface area contributed by atoms with Gasteiger partial charge in [-0.05, 0) is 0 Å². The van der Waals surface area contributed by atoms with Gasteiger partial charge < -0.3 is 22.4 Å². The van der Waals surface area contributed by atoms with Crippen LogP contribution in [0.15, 0.2) is 12.5 Å². The van der Waals surface area contributed by atoms with Crippen LogP contribution >= 0.6 is 0 Å². The van der Waals surface area contributed by atoms with Gasteiger partial charge in [0.05, 0.1) is 28.6 Å². The number of rotatable bonds is 0. The Balaban J connectivity index is 3.01. The van der Waals surface area contributed by atoms with Crippen LogP contribution in [0.3, 0.4) is 0 Å². The molecule has 0 atom stereocenters. The van der Waals surface area contributed by atoms with Gasteiger partial charge in [0.15, 0.2) is 0 Å². The molecule has 1 aliphatic carbocycles. The molecular formula is C8H10N6O. The molecule has 0 unspecified atom stereocenters. The molecule has 0 aromatic carbocycles. The highest BCUT2D eigenvalue weighted by Gasteiger charge is 2.16. The van der Waals surface area contributed by atoms with Gasteiger partial charge >= 0.3 is 0 Å². The number of nitrogen functional groups attached to an aromatic ring is 3. The van der Waals surface area contributed by atoms with E-state index in [2.05, 4.69) is 4.98 Å². The van der Waals surface area contributed by atoms with E-state index < -0.39 is 0 Å². The van der Waals surface area contributed by atoms with Crippen molar-refractivity contribution in [2.75, 3.05) is 17.2 Å². The van der Waals surface area contributed by atoms with Crippen LogP contribution < -0.4 is 22.6 Å². The highest BCUT2D eigenvalue weighted by molar-refractivity contribution is 5.90. The molecule has 15 heavy (non-hydrogen) atoms. The fourth-order valence-electron chi connectivity index (χ4n) is 1.36. The van der Waals surface area contributed by atoms with Crippen molar-refractivity contribution in [1.82, 2.24) is 9.71 Å². The van der Waals surface area contributed by atoms with Crippen molar-refractivity contribution in [3.05, 3.63) is 17.9 Å². The summed E-state index contributed by atoms with van der Waals surface area (Å²) in [6.07, 6.45) is 2.46. The molecule has 1 aliphatic heterocycles. The molecule has 2 rings (SSSR count). The molecule has 0 bridgehead atoms. The zero-order chi connectivity index (χ0) is 11.2. The summed E-state index contributed by atoms with van der Waals surface area (Å²) in [5.74, 6) is 0. The first-order valence-electron chi connectivity index (χ1n) is 4.10. The van der Waals surface area contributed by atoms with Crippen LogP contribution in [-0.4, -0.2) is 14.9 Å². The molecule has 78 valence electrons. The van der Waals surface area contributed by atoms with Gasteiger partial charge in [-0.25, -0.2) is 4.98 Å². The molecule has 2 aliphatic rings. The van der Waals surface area contributed by atoms with Gasteiger partial charge in [-0.2, -0.15) is 4.73 Å². The number of nitrogens with zero attached hydrogens (tertiary/aromatic N) is 2. The molecule has 0 saturated heterocycles. The fourth-order valence-corrected chi connectivity index (χ4v) is 1.36. The summed E-state index contributed by atoms with van der Waals surface area (Å²) in [5, 5.41) is 16.9. The standard InChI is InChI=1S/C8H10N6O/c9-4-3-1-14(15)2-13-8(3)7(12)6(11)5(4)10/h1-2,9,15H,10-12H2. The summed E-state index contributed by atoms with van der Waals surface area (Å²) in [6.45, 7) is 0. The van der Waals surface area contributed by atoms with Crippen LogP contribution in [0.4, 0.5) is 17.1 Å². The average Bonchev–Trinajstić information content (AvgIpc) is 2.23. The Kier molecular flexibility index (Phi) is 1.69. The van der Waals surface area contributed by atoms with Crippen LogP contribution in [0.1, 0.15) is 0 Å². The molecule has 7 heteroatoms. The minimum atomic E-state index is 0.00704. The van der Waals surface area contributed by atoms with Crippen LogP contribution in [0, 0.1) is 5.41 Å². The fraction of sp³-hybridized carbons (Fsp3) is 0. The van der Waals surface area contributed by atoms with Crippen molar-refractivity contribution >= 4 is 17.1 Å². The zero-order valence-electron chi connectivity index (χ0n) is 7.73. The summed E-state index contributed by atoms with van der Waals surface area (Å²) >= 11 is 0. The summed E-state index contributed by atoms with van der Waals surface area (Å²) in [7, 11) is 0. The molecule has 0 fully saturated rings. The van der Waals surface area contributed by atoms with Crippen molar-refractivity contribution in [1.29, 1.82) is 5.41 Å². The predicted molar refractivity (Wildman–Crippen MR) is 55.1 cm³/mol. The second-order valence-electron chi connectivity index (χ2n) is 3.13. The van der Waals surface area contributed by atoms with E-state index >= 15 is 0 Å². The highest BCUT2D eigenvalue weighted by atomic mass is 16.5. The summed E-state index contributed by atoms with van der Waals surface area (Å²) in [6, 6.07) is 0. The largest absolute Gasteiger partial charge is 0.428 e. The smallest absolute Gasteiger partial charge is 0.132 e. The van der Waals surface area contributed by atoms with Gasteiger partial charge in [0.2, 0.25) is 0 Å². The lowest BCUT2D eigenvalue weighted by molar-refractivity contribution is 0.181. The summed E-state index contributed by atoms with van der Waals surface area (Å²) < 4.78 is 0.732. The van der Waals surface area contributed by atoms with Gasteiger partial charge in [0.25, 0.3) is 0 Å². The van der Waals surface area contributed by atoms with E-state index in [4.69, 9.17) is 27.8 Å². The van der Waals surface area contributed by atoms with Gasteiger partial charge in [0.1, 0.15) is 12.0 Å². The van der Waals surface area contributed by atoms with Crippen molar-refractivity contribution < 1.29 is 5.21 Å². The van der Waals surface area contributed by atoms with E-state index in [9.17, 15) is 0 Å². The van der Waals surface area contributed by atoms with Gasteiger partial charge in [0, 0.05) is 5.56 Å². The maximum absolute atomic E-state index is 9.16. The molecule has 1 heterocycles. The third-order valence-electron chi connectivity index (χ3n) is 2.20. The average molecular weight is 206 g/mol. The monoisotopic (exact) mass is 206 g/mol. The van der Waals surface area contributed by atoms with E-state index in [-0.39, 0.29) is 22.4 Å². The Bertz CT molecular complexity index is 560. The molecule has 0 amide bonds. The minimum Gasteiger partial charge on any atom is -0.428 e. The molecular weight excluding hydrogens is 196 g/mol. The maximum Gasteiger partial charge on any atom is 0.132 e. The maximum atomic E-state index is 9.16. The Hall–Kier alpha value is -2.44. The van der Waals surface area contributed by atoms with Gasteiger partial charge in [-0.1, -0.05) is 0 Å². The second kappa shape index (κ2) is 2.77. The molecule has 0 aromatic rings. The zero-order valence-corrected chi connectivity index (χ0v) is 7.73. The Morgan fingerprint density at radius 1 is 1.20 bits per heavy atom. The number of nitrogens with two attached hydrogens (primary N) is 3. The van der Waals surface area contributed by atoms with Crippen molar-refractivity contribution in [2.45, 2.75) is 0 Å². The van der Waals surface area contributed by atoms with Crippen LogP contribution in [-0.2, 0) is 0 Å². The molecule has 0 aromatic heterocycles. The predicted octanol–water partition coefficient (Wildman–Crippen LogP) is -0.549. The number of anilines is 3. The van der Waals surface area contributed by atoms with E-state index in [1.165, 1.54) is 6.20 Å². The quantitative estimate of drug-likeness (QED) is 0.290. The first-order chi connectivity index (χ1) is 7.02. The second-order valence-corrected chi connectivity index (χ2v) is 3.13. The lowest BCUT2D eigenvalue weighted by Crippen LogP contribution is -2.19. The normalized spacial score (nSPS) is 10.7. The third-order valence-corrected chi connectivity index (χ3v) is 2.20. The third kappa shape index (κ3) is 1.13. The minimum absolute atomic E-state index is 0.00704. The van der Waals surface area contributed by atoms with Crippen LogP contribution in [0.25, 0.3) is 11.3 Å². The van der Waals surface area contributed by atoms with Gasteiger partial charge in [-0.3, -0.25) is 5.41 Å². The molecule has 0 saturated carbocycles. The van der Waals surface area contributed by atoms with E-state index in [0.717, 1.165) is 11.1 Å².